The third-order valence-electron chi connectivity index (χ3n) is 14.6. The molecule has 5 aromatic carbocycles. The summed E-state index contributed by atoms with van der Waals surface area (Å²) in [4.78, 5) is 85.3. The van der Waals surface area contributed by atoms with Crippen LogP contribution in [0.2, 0.25) is 0 Å². The lowest BCUT2D eigenvalue weighted by Crippen LogP contribution is -2.55. The lowest BCUT2D eigenvalue weighted by Gasteiger charge is -2.31. The number of carboxylic acid groups (broad SMARTS) is 3. The van der Waals surface area contributed by atoms with Gasteiger partial charge in [-0.15, -0.1) is 0 Å². The van der Waals surface area contributed by atoms with Crippen molar-refractivity contribution in [2.24, 2.45) is 5.92 Å². The molecule has 0 bridgehead atoms. The molecule has 8 rings (SSSR count). The van der Waals surface area contributed by atoms with Crippen LogP contribution in [0, 0.1) is 11.7 Å². The Balaban J connectivity index is 0.000000229. The second-order valence-corrected chi connectivity index (χ2v) is 21.1. The Morgan fingerprint density at radius 3 is 1.95 bits per heavy atom. The summed E-state index contributed by atoms with van der Waals surface area (Å²) in [5, 5.41) is 54.2. The first-order valence-corrected chi connectivity index (χ1v) is 28.2. The number of nitrogens with zero attached hydrogens (tertiary/aromatic N) is 2. The molecule has 1 aliphatic heterocycles. The number of carbonyl (C=O) groups is 7. The van der Waals surface area contributed by atoms with E-state index in [0.717, 1.165) is 36.1 Å². The van der Waals surface area contributed by atoms with Crippen LogP contribution in [0.15, 0.2) is 140 Å². The molecule has 1 aliphatic carbocycles. The van der Waals surface area contributed by atoms with Gasteiger partial charge >= 0.3 is 29.8 Å². The summed E-state index contributed by atoms with van der Waals surface area (Å²) in [5.41, 5.74) is 5.86. The van der Waals surface area contributed by atoms with E-state index in [1.165, 1.54) is 31.2 Å². The second-order valence-electron chi connectivity index (χ2n) is 21.1. The number of para-hydroxylation sites is 2. The van der Waals surface area contributed by atoms with E-state index < -0.39 is 60.6 Å². The van der Waals surface area contributed by atoms with Crippen molar-refractivity contribution in [1.29, 1.82) is 0 Å². The third-order valence-corrected chi connectivity index (χ3v) is 14.6. The number of carboxylic acids is 3. The molecule has 18 nitrogen and oxygen atoms in total. The van der Waals surface area contributed by atoms with Gasteiger partial charge in [-0.25, -0.2) is 14.0 Å². The number of hydrogen-bond acceptors (Lipinski definition) is 12. The highest BCUT2D eigenvalue weighted by molar-refractivity contribution is 6.12. The smallest absolute Gasteiger partial charge is 0.339 e. The summed E-state index contributed by atoms with van der Waals surface area (Å²) in [6.07, 6.45) is 2.03. The fourth-order valence-electron chi connectivity index (χ4n) is 11.0. The number of rotatable bonds is 23. The SMILES string of the molecule is CC(=O)Oc1ccccc1C(=O)O.CC(C)c1c(C(=O)Nc2ccccc2)c(-c2ccccc2)c(-c2ccc(F)cc2)n1CC[C@@H](O)C[C@@H](O)CC(=O)O.CCOC(=O)[C@H](CCc1ccccc1)N[C@@H](C)C(=O)N1[C@H](C(=O)O)C[C@@H]2CCC[C@@H]21. The van der Waals surface area contributed by atoms with Crippen molar-refractivity contribution in [3.63, 3.8) is 0 Å². The summed E-state index contributed by atoms with van der Waals surface area (Å²) in [6.45, 7) is 9.20. The number of aromatic carboxylic acids is 1. The van der Waals surface area contributed by atoms with Crippen LogP contribution >= 0.6 is 0 Å². The maximum Gasteiger partial charge on any atom is 0.339 e. The number of halogens is 1. The molecule has 6 aromatic rings. The van der Waals surface area contributed by atoms with Crippen molar-refractivity contribution in [2.75, 3.05) is 11.9 Å². The number of aromatic nitrogens is 1. The number of likely N-dealkylation sites (tertiary alicyclic amines) is 1. The minimum absolute atomic E-state index is 0.00629. The van der Waals surface area contributed by atoms with Crippen molar-refractivity contribution in [3.8, 4) is 28.1 Å². The van der Waals surface area contributed by atoms with Crippen molar-refractivity contribution in [1.82, 2.24) is 14.8 Å². The van der Waals surface area contributed by atoms with Crippen LogP contribution in [0.1, 0.15) is 124 Å². The van der Waals surface area contributed by atoms with Gasteiger partial charge in [-0.1, -0.05) is 111 Å². The van der Waals surface area contributed by atoms with Gasteiger partial charge in [-0.3, -0.25) is 29.3 Å². The zero-order valence-electron chi connectivity index (χ0n) is 47.9. The molecule has 0 radical (unpaired) electrons. The monoisotopic (exact) mass is 1150 g/mol. The zero-order chi connectivity index (χ0) is 61.0. The van der Waals surface area contributed by atoms with E-state index >= 15 is 0 Å². The van der Waals surface area contributed by atoms with Gasteiger partial charge in [0.05, 0.1) is 42.5 Å². The van der Waals surface area contributed by atoms with Crippen molar-refractivity contribution in [2.45, 2.75) is 141 Å². The fourth-order valence-corrected chi connectivity index (χ4v) is 11.0. The van der Waals surface area contributed by atoms with Crippen LogP contribution in [0.5, 0.6) is 5.75 Å². The molecule has 1 saturated carbocycles. The van der Waals surface area contributed by atoms with Crippen molar-refractivity contribution >= 4 is 47.3 Å². The molecule has 0 unspecified atom stereocenters. The Hall–Kier alpha value is -8.52. The third kappa shape index (κ3) is 17.7. The molecule has 0 spiro atoms. The van der Waals surface area contributed by atoms with Gasteiger partial charge in [0, 0.05) is 36.5 Å². The molecule has 446 valence electrons. The quantitative estimate of drug-likeness (QED) is 0.0232. The van der Waals surface area contributed by atoms with Gasteiger partial charge in [0.1, 0.15) is 29.2 Å². The summed E-state index contributed by atoms with van der Waals surface area (Å²) in [6, 6.07) is 38.5. The van der Waals surface area contributed by atoms with E-state index in [0.29, 0.717) is 47.3 Å². The minimum Gasteiger partial charge on any atom is -0.481 e. The molecule has 84 heavy (non-hydrogen) atoms. The van der Waals surface area contributed by atoms with E-state index in [-0.39, 0.29) is 78.8 Å². The Bertz CT molecular complexity index is 3170. The molecule has 2 amide bonds. The predicted molar refractivity (Wildman–Crippen MR) is 314 cm³/mol. The molecule has 7 atom stereocenters. The number of nitrogens with one attached hydrogen (secondary N) is 2. The van der Waals surface area contributed by atoms with E-state index in [9.17, 15) is 53.3 Å². The molecular weight excluding hydrogens is 1080 g/mol. The molecule has 2 fully saturated rings. The van der Waals surface area contributed by atoms with Gasteiger partial charge in [0.2, 0.25) is 5.91 Å². The standard InChI is InChI=1S/C33H35FN2O5.C23H32N2O5.C9H8O4/c1-21(2)31-30(33(41)35-25-11-7-4-8-12-25)29(22-9-5-3-6-10-22)32(23-13-15-24(34)16-14-23)36(31)18-17-26(37)19-27(38)20-28(39)40;1-3-30-23(29)18(13-12-16-8-5-4-6-9-16)24-15(2)21(26)25-19-11-7-10-17(19)14-20(25)22(27)28;1-6(10)13-8-5-3-2-4-7(8)9(11)12/h3-16,21,26-27,37-38H,17-20H2,1-2H3,(H,35,41)(H,39,40);4-6,8-9,15,17-20,24H,3,7,10-14H2,1-2H3,(H,27,28);2-5H,1H3,(H,11,12)/t26-,27-;15-,17-,18-,19-,20-;/m10./s1. The highest BCUT2D eigenvalue weighted by atomic mass is 19.1. The summed E-state index contributed by atoms with van der Waals surface area (Å²) in [5.74, 6) is -4.82. The van der Waals surface area contributed by atoms with Crippen LogP contribution in [-0.2, 0) is 41.7 Å². The van der Waals surface area contributed by atoms with Gasteiger partial charge in [0.15, 0.2) is 0 Å². The number of hydrogen-bond donors (Lipinski definition) is 7. The molecule has 7 N–H and O–H groups in total. The van der Waals surface area contributed by atoms with E-state index in [1.54, 1.807) is 43.0 Å². The number of aliphatic carboxylic acids is 2. The van der Waals surface area contributed by atoms with Crippen LogP contribution in [-0.4, -0.2) is 120 Å². The first kappa shape index (κ1) is 64.6. The van der Waals surface area contributed by atoms with Gasteiger partial charge < -0.3 is 49.8 Å². The lowest BCUT2D eigenvalue weighted by molar-refractivity contribution is -0.151. The number of aryl methyl sites for hydroxylation is 1. The molecule has 2 aliphatic rings. The number of amides is 2. The largest absolute Gasteiger partial charge is 0.481 e. The van der Waals surface area contributed by atoms with Gasteiger partial charge in [-0.2, -0.15) is 0 Å². The summed E-state index contributed by atoms with van der Waals surface area (Å²) in [7, 11) is 0. The van der Waals surface area contributed by atoms with Gasteiger partial charge in [-0.05, 0) is 136 Å². The number of benzene rings is 5. The molecule has 1 aromatic heterocycles. The number of fused-ring (bicyclic) bond motifs is 1. The Morgan fingerprint density at radius 1 is 0.738 bits per heavy atom. The molecular formula is C65H75FN4O14. The van der Waals surface area contributed by atoms with Crippen LogP contribution in [0.25, 0.3) is 22.4 Å². The van der Waals surface area contributed by atoms with Crippen LogP contribution in [0.4, 0.5) is 10.1 Å². The van der Waals surface area contributed by atoms with Crippen LogP contribution < -0.4 is 15.4 Å². The number of ether oxygens (including phenoxy) is 2. The number of carbonyl (C=O) groups excluding carboxylic acids is 4. The topological polar surface area (TPSA) is 271 Å². The first-order chi connectivity index (χ1) is 40.2. The average Bonchev–Trinajstić information content (AvgIpc) is 1.97. The number of anilines is 1. The number of aliphatic hydroxyl groups excluding tert-OH is 2. The fraction of sp³-hybridized carbons (Fsp3) is 0.369. The molecule has 1 saturated heterocycles. The van der Waals surface area contributed by atoms with Crippen molar-refractivity contribution in [3.05, 3.63) is 168 Å². The maximum absolute atomic E-state index is 14.0. The Kier molecular flexibility index (Phi) is 24.0. The second kappa shape index (κ2) is 31.2. The normalized spacial score (nSPS) is 16.5. The van der Waals surface area contributed by atoms with E-state index in [4.69, 9.17) is 14.9 Å². The highest BCUT2D eigenvalue weighted by Crippen LogP contribution is 2.44. The average molecular weight is 1160 g/mol. The maximum atomic E-state index is 14.0. The van der Waals surface area contributed by atoms with E-state index in [1.807, 2.05) is 109 Å². The number of aliphatic hydroxyl groups is 2. The van der Waals surface area contributed by atoms with E-state index in [2.05, 4.69) is 15.4 Å². The Morgan fingerprint density at radius 2 is 1.36 bits per heavy atom. The first-order valence-electron chi connectivity index (χ1n) is 28.2. The number of esters is 2. The zero-order valence-corrected chi connectivity index (χ0v) is 47.9. The highest BCUT2D eigenvalue weighted by Gasteiger charge is 2.49. The molecule has 2 heterocycles. The summed E-state index contributed by atoms with van der Waals surface area (Å²) < 4.78 is 25.9. The van der Waals surface area contributed by atoms with Crippen molar-refractivity contribution < 1.29 is 73.0 Å². The lowest BCUT2D eigenvalue weighted by atomic mass is 9.94. The summed E-state index contributed by atoms with van der Waals surface area (Å²) >= 11 is 0. The predicted octanol–water partition coefficient (Wildman–Crippen LogP) is 10.0. The van der Waals surface area contributed by atoms with Crippen LogP contribution in [0.3, 0.4) is 0 Å². The minimum atomic E-state index is -1.18. The van der Waals surface area contributed by atoms with Gasteiger partial charge in [0.25, 0.3) is 5.91 Å². The molecule has 19 heteroatoms. The Labute approximate surface area is 488 Å².